The zero-order valence-corrected chi connectivity index (χ0v) is 14.3. The predicted molar refractivity (Wildman–Crippen MR) is 94.4 cm³/mol. The molecule has 2 rings (SSSR count). The quantitative estimate of drug-likeness (QED) is 0.631. The van der Waals surface area contributed by atoms with Crippen molar-refractivity contribution in [2.75, 3.05) is 6.61 Å². The van der Waals surface area contributed by atoms with Gasteiger partial charge in [-0.05, 0) is 47.9 Å². The molecule has 0 fully saturated rings. The number of amides is 1. The average molecular weight is 362 g/mol. The van der Waals surface area contributed by atoms with Crippen LogP contribution < -0.4 is 5.32 Å². The van der Waals surface area contributed by atoms with Gasteiger partial charge < -0.3 is 10.1 Å². The zero-order valence-electron chi connectivity index (χ0n) is 13.6. The van der Waals surface area contributed by atoms with Gasteiger partial charge in [0.15, 0.2) is 6.61 Å². The van der Waals surface area contributed by atoms with E-state index in [1.807, 2.05) is 0 Å². The SMILES string of the molecule is Cc1ccc(CNC(=O)COC(=O)/C=C/c2cccc(Cl)c2)cc1F. The number of hydrogen-bond acceptors (Lipinski definition) is 3. The highest BCUT2D eigenvalue weighted by Crippen LogP contribution is 2.12. The molecule has 2 aromatic rings. The van der Waals surface area contributed by atoms with Crippen molar-refractivity contribution in [2.45, 2.75) is 13.5 Å². The average Bonchev–Trinajstić information content (AvgIpc) is 2.59. The fourth-order valence-corrected chi connectivity index (χ4v) is 2.16. The van der Waals surface area contributed by atoms with Crippen molar-refractivity contribution >= 4 is 29.6 Å². The highest BCUT2D eigenvalue weighted by atomic mass is 35.5. The van der Waals surface area contributed by atoms with E-state index < -0.39 is 18.5 Å². The van der Waals surface area contributed by atoms with Gasteiger partial charge in [-0.1, -0.05) is 35.9 Å². The van der Waals surface area contributed by atoms with Crippen LogP contribution in [0.3, 0.4) is 0 Å². The first-order chi connectivity index (χ1) is 11.9. The van der Waals surface area contributed by atoms with E-state index >= 15 is 0 Å². The van der Waals surface area contributed by atoms with Crippen molar-refractivity contribution in [3.05, 3.63) is 76.1 Å². The molecule has 0 heterocycles. The lowest BCUT2D eigenvalue weighted by Crippen LogP contribution is -2.28. The molecule has 4 nitrogen and oxygen atoms in total. The van der Waals surface area contributed by atoms with E-state index in [9.17, 15) is 14.0 Å². The first kappa shape index (κ1) is 18.7. The second-order valence-corrected chi connectivity index (χ2v) is 5.79. The number of carbonyl (C=O) groups is 2. The molecule has 6 heteroatoms. The molecule has 0 radical (unpaired) electrons. The lowest BCUT2D eigenvalue weighted by molar-refractivity contribution is -0.143. The highest BCUT2D eigenvalue weighted by molar-refractivity contribution is 6.30. The summed E-state index contributed by atoms with van der Waals surface area (Å²) in [5.41, 5.74) is 1.91. The third-order valence-electron chi connectivity index (χ3n) is 3.33. The normalized spacial score (nSPS) is 10.7. The van der Waals surface area contributed by atoms with Gasteiger partial charge in [0.05, 0.1) is 0 Å². The Morgan fingerprint density at radius 2 is 2.04 bits per heavy atom. The van der Waals surface area contributed by atoms with E-state index in [4.69, 9.17) is 16.3 Å². The van der Waals surface area contributed by atoms with Crippen LogP contribution >= 0.6 is 11.6 Å². The van der Waals surface area contributed by atoms with Crippen LogP contribution in [0.1, 0.15) is 16.7 Å². The molecular formula is C19H17ClFNO3. The second kappa shape index (κ2) is 8.99. The molecule has 0 spiro atoms. The van der Waals surface area contributed by atoms with E-state index in [1.54, 1.807) is 49.4 Å². The largest absolute Gasteiger partial charge is 0.452 e. The standard InChI is InChI=1S/C19H17ClFNO3/c1-13-5-6-15(10-17(13)21)11-22-18(23)12-25-19(24)8-7-14-3-2-4-16(20)9-14/h2-10H,11-12H2,1H3,(H,22,23)/b8-7+. The van der Waals surface area contributed by atoms with Gasteiger partial charge in [-0.25, -0.2) is 9.18 Å². The molecule has 0 bridgehead atoms. The van der Waals surface area contributed by atoms with Crippen LogP contribution in [0.2, 0.25) is 5.02 Å². The molecule has 0 aliphatic rings. The van der Waals surface area contributed by atoms with Crippen molar-refractivity contribution < 1.29 is 18.7 Å². The maximum Gasteiger partial charge on any atom is 0.331 e. The Balaban J connectivity index is 1.75. The molecule has 1 N–H and O–H groups in total. The van der Waals surface area contributed by atoms with Crippen LogP contribution in [0.25, 0.3) is 6.08 Å². The van der Waals surface area contributed by atoms with Gasteiger partial charge in [-0.3, -0.25) is 4.79 Å². The number of carbonyl (C=O) groups excluding carboxylic acids is 2. The summed E-state index contributed by atoms with van der Waals surface area (Å²) in [5, 5.41) is 3.12. The molecular weight excluding hydrogens is 345 g/mol. The van der Waals surface area contributed by atoms with E-state index in [-0.39, 0.29) is 12.4 Å². The number of benzene rings is 2. The second-order valence-electron chi connectivity index (χ2n) is 5.36. The van der Waals surface area contributed by atoms with Gasteiger partial charge in [0, 0.05) is 17.6 Å². The number of nitrogens with one attached hydrogen (secondary N) is 1. The van der Waals surface area contributed by atoms with Crippen LogP contribution in [-0.2, 0) is 20.9 Å². The summed E-state index contributed by atoms with van der Waals surface area (Å²) >= 11 is 5.84. The fourth-order valence-electron chi connectivity index (χ4n) is 1.96. The maximum atomic E-state index is 13.4. The molecule has 0 saturated heterocycles. The molecule has 2 aromatic carbocycles. The number of hydrogen-bond donors (Lipinski definition) is 1. The molecule has 0 aliphatic heterocycles. The third-order valence-corrected chi connectivity index (χ3v) is 3.57. The Hall–Kier alpha value is -2.66. The smallest absolute Gasteiger partial charge is 0.331 e. The minimum absolute atomic E-state index is 0.159. The van der Waals surface area contributed by atoms with Crippen molar-refractivity contribution in [3.8, 4) is 0 Å². The van der Waals surface area contributed by atoms with Gasteiger partial charge in [0.2, 0.25) is 0 Å². The molecule has 0 saturated carbocycles. The summed E-state index contributed by atoms with van der Waals surface area (Å²) < 4.78 is 18.3. The minimum Gasteiger partial charge on any atom is -0.452 e. The summed E-state index contributed by atoms with van der Waals surface area (Å²) in [5.74, 6) is -1.44. The Bertz CT molecular complexity index is 805. The summed E-state index contributed by atoms with van der Waals surface area (Å²) in [6.45, 7) is 1.41. The molecule has 0 aliphatic carbocycles. The Labute approximate surface area is 150 Å². The molecule has 0 aromatic heterocycles. The van der Waals surface area contributed by atoms with Crippen molar-refractivity contribution in [1.82, 2.24) is 5.32 Å². The zero-order chi connectivity index (χ0) is 18.2. The predicted octanol–water partition coefficient (Wildman–Crippen LogP) is 3.66. The molecule has 0 atom stereocenters. The lowest BCUT2D eigenvalue weighted by Gasteiger charge is -2.06. The number of esters is 1. The summed E-state index contributed by atoms with van der Waals surface area (Å²) in [4.78, 5) is 23.3. The molecule has 25 heavy (non-hydrogen) atoms. The summed E-state index contributed by atoms with van der Waals surface area (Å²) in [7, 11) is 0. The van der Waals surface area contributed by atoms with E-state index in [2.05, 4.69) is 5.32 Å². The third kappa shape index (κ3) is 6.39. The van der Waals surface area contributed by atoms with Gasteiger partial charge in [0.1, 0.15) is 5.82 Å². The first-order valence-corrected chi connectivity index (χ1v) is 7.94. The van der Waals surface area contributed by atoms with Crippen LogP contribution in [-0.4, -0.2) is 18.5 Å². The van der Waals surface area contributed by atoms with Crippen molar-refractivity contribution in [1.29, 1.82) is 0 Å². The van der Waals surface area contributed by atoms with E-state index in [0.29, 0.717) is 16.1 Å². The number of halogens is 2. The summed E-state index contributed by atoms with van der Waals surface area (Å²) in [6.07, 6.45) is 2.76. The first-order valence-electron chi connectivity index (χ1n) is 7.56. The topological polar surface area (TPSA) is 55.4 Å². The molecule has 0 unspecified atom stereocenters. The van der Waals surface area contributed by atoms with Crippen molar-refractivity contribution in [3.63, 3.8) is 0 Å². The lowest BCUT2D eigenvalue weighted by atomic mass is 10.1. The molecule has 1 amide bonds. The monoisotopic (exact) mass is 361 g/mol. The summed E-state index contributed by atoms with van der Waals surface area (Å²) in [6, 6.07) is 11.7. The van der Waals surface area contributed by atoms with Gasteiger partial charge in [-0.2, -0.15) is 0 Å². The van der Waals surface area contributed by atoms with Crippen LogP contribution in [0.4, 0.5) is 4.39 Å². The van der Waals surface area contributed by atoms with Crippen molar-refractivity contribution in [2.24, 2.45) is 0 Å². The van der Waals surface area contributed by atoms with Crippen LogP contribution in [0, 0.1) is 12.7 Å². The fraction of sp³-hybridized carbons (Fsp3) is 0.158. The van der Waals surface area contributed by atoms with E-state index in [1.165, 1.54) is 12.1 Å². The van der Waals surface area contributed by atoms with Gasteiger partial charge in [0.25, 0.3) is 5.91 Å². The van der Waals surface area contributed by atoms with Gasteiger partial charge in [-0.15, -0.1) is 0 Å². The Morgan fingerprint density at radius 3 is 2.76 bits per heavy atom. The number of aryl methyl sites for hydroxylation is 1. The van der Waals surface area contributed by atoms with Crippen LogP contribution in [0.15, 0.2) is 48.5 Å². The number of rotatable bonds is 6. The van der Waals surface area contributed by atoms with Gasteiger partial charge >= 0.3 is 5.97 Å². The number of ether oxygens (including phenoxy) is 1. The maximum absolute atomic E-state index is 13.4. The Morgan fingerprint density at radius 1 is 1.24 bits per heavy atom. The highest BCUT2D eigenvalue weighted by Gasteiger charge is 2.06. The van der Waals surface area contributed by atoms with Crippen LogP contribution in [0.5, 0.6) is 0 Å². The minimum atomic E-state index is -0.642. The van der Waals surface area contributed by atoms with E-state index in [0.717, 1.165) is 5.56 Å². The Kier molecular flexibility index (Phi) is 6.71. The molecule has 130 valence electrons.